The Morgan fingerprint density at radius 3 is 2.85 bits per heavy atom. The van der Waals surface area contributed by atoms with Crippen LogP contribution >= 0.6 is 0 Å². The lowest BCUT2D eigenvalue weighted by atomic mass is 10.2. The van der Waals surface area contributed by atoms with Gasteiger partial charge in [0, 0.05) is 26.0 Å². The summed E-state index contributed by atoms with van der Waals surface area (Å²) < 4.78 is 5.10. The van der Waals surface area contributed by atoms with Crippen LogP contribution in [-0.2, 0) is 14.3 Å². The molecule has 1 saturated heterocycles. The molecule has 1 aromatic rings. The number of amides is 1. The van der Waals surface area contributed by atoms with Crippen LogP contribution in [0.5, 0.6) is 0 Å². The number of ether oxygens (including phenoxy) is 1. The van der Waals surface area contributed by atoms with E-state index in [2.05, 4.69) is 9.97 Å². The fraction of sp³-hybridized carbons (Fsp3) is 0.500. The van der Waals surface area contributed by atoms with Crippen molar-refractivity contribution >= 4 is 17.8 Å². The van der Waals surface area contributed by atoms with E-state index in [1.165, 1.54) is 4.90 Å². The topological polar surface area (TPSA) is 95.9 Å². The quantitative estimate of drug-likeness (QED) is 0.773. The predicted molar refractivity (Wildman–Crippen MR) is 69.3 cm³/mol. The number of hydrogen-bond donors (Lipinski definition) is 1. The summed E-state index contributed by atoms with van der Waals surface area (Å²) in [7, 11) is 1.68. The monoisotopic (exact) mass is 280 g/mol. The number of hydrogen-bond acceptors (Lipinski definition) is 6. The van der Waals surface area contributed by atoms with E-state index >= 15 is 0 Å². The predicted octanol–water partition coefficient (Wildman–Crippen LogP) is -0.775. The van der Waals surface area contributed by atoms with E-state index in [1.807, 2.05) is 0 Å². The first-order valence-corrected chi connectivity index (χ1v) is 6.18. The Kier molecular flexibility index (Phi) is 4.46. The van der Waals surface area contributed by atoms with Crippen LogP contribution in [0.3, 0.4) is 0 Å². The lowest BCUT2D eigenvalue weighted by molar-refractivity contribution is -0.157. The zero-order valence-electron chi connectivity index (χ0n) is 11.1. The van der Waals surface area contributed by atoms with Crippen LogP contribution in [0.4, 0.5) is 5.95 Å². The highest BCUT2D eigenvalue weighted by Gasteiger charge is 2.33. The molecule has 0 aliphatic carbocycles. The van der Waals surface area contributed by atoms with Gasteiger partial charge in [-0.25, -0.2) is 14.8 Å². The van der Waals surface area contributed by atoms with Gasteiger partial charge >= 0.3 is 5.97 Å². The number of carboxylic acids is 1. The second kappa shape index (κ2) is 6.29. The van der Waals surface area contributed by atoms with Gasteiger partial charge in [0.15, 0.2) is 6.04 Å². The summed E-state index contributed by atoms with van der Waals surface area (Å²) in [6.45, 7) is 0.667. The van der Waals surface area contributed by atoms with Crippen LogP contribution in [-0.4, -0.2) is 71.2 Å². The van der Waals surface area contributed by atoms with Gasteiger partial charge in [-0.3, -0.25) is 4.79 Å². The highest BCUT2D eigenvalue weighted by Crippen LogP contribution is 2.09. The SMILES string of the molecule is CN(CC(=O)N1CCOCC1C(=O)O)c1ncccn1. The van der Waals surface area contributed by atoms with Gasteiger partial charge in [0.1, 0.15) is 0 Å². The number of carboxylic acid groups (broad SMARTS) is 1. The molecule has 1 atom stereocenters. The number of nitrogens with zero attached hydrogens (tertiary/aromatic N) is 4. The number of aromatic nitrogens is 2. The molecule has 108 valence electrons. The van der Waals surface area contributed by atoms with Crippen LogP contribution in [0.25, 0.3) is 0 Å². The van der Waals surface area contributed by atoms with Gasteiger partial charge in [-0.05, 0) is 6.07 Å². The fourth-order valence-corrected chi connectivity index (χ4v) is 1.96. The molecule has 20 heavy (non-hydrogen) atoms. The third-order valence-electron chi connectivity index (χ3n) is 3.00. The average Bonchev–Trinajstić information content (AvgIpc) is 2.48. The van der Waals surface area contributed by atoms with Crippen LogP contribution < -0.4 is 4.90 Å². The van der Waals surface area contributed by atoms with Crippen LogP contribution in [0.1, 0.15) is 0 Å². The zero-order chi connectivity index (χ0) is 14.5. The Bertz CT molecular complexity index is 482. The lowest BCUT2D eigenvalue weighted by Crippen LogP contribution is -2.54. The number of rotatable bonds is 4. The van der Waals surface area contributed by atoms with E-state index in [0.717, 1.165) is 0 Å². The summed E-state index contributed by atoms with van der Waals surface area (Å²) in [6, 6.07) is 0.753. The van der Waals surface area contributed by atoms with Crippen molar-refractivity contribution in [3.05, 3.63) is 18.5 Å². The number of aliphatic carboxylic acids is 1. The maximum atomic E-state index is 12.2. The largest absolute Gasteiger partial charge is 0.480 e. The maximum absolute atomic E-state index is 12.2. The number of carbonyl (C=O) groups excluding carboxylic acids is 1. The Balaban J connectivity index is 2.01. The number of carbonyl (C=O) groups is 2. The van der Waals surface area contributed by atoms with Crippen molar-refractivity contribution in [3.63, 3.8) is 0 Å². The Morgan fingerprint density at radius 2 is 2.20 bits per heavy atom. The molecule has 1 aliphatic heterocycles. The first-order chi connectivity index (χ1) is 9.59. The second-order valence-corrected chi connectivity index (χ2v) is 4.42. The van der Waals surface area contributed by atoms with E-state index in [-0.39, 0.29) is 25.6 Å². The minimum absolute atomic E-state index is 0.0205. The van der Waals surface area contributed by atoms with Gasteiger partial charge < -0.3 is 19.6 Å². The first kappa shape index (κ1) is 14.2. The van der Waals surface area contributed by atoms with Crippen molar-refractivity contribution in [3.8, 4) is 0 Å². The van der Waals surface area contributed by atoms with E-state index in [9.17, 15) is 9.59 Å². The van der Waals surface area contributed by atoms with Crippen molar-refractivity contribution < 1.29 is 19.4 Å². The highest BCUT2D eigenvalue weighted by molar-refractivity contribution is 5.86. The summed E-state index contributed by atoms with van der Waals surface area (Å²) in [5.41, 5.74) is 0. The molecule has 8 nitrogen and oxygen atoms in total. The van der Waals surface area contributed by atoms with Gasteiger partial charge in [0.2, 0.25) is 11.9 Å². The summed E-state index contributed by atoms with van der Waals surface area (Å²) in [4.78, 5) is 34.3. The van der Waals surface area contributed by atoms with Crippen molar-refractivity contribution in [2.24, 2.45) is 0 Å². The molecular formula is C12H16N4O4. The molecule has 0 aromatic carbocycles. The van der Waals surface area contributed by atoms with E-state index in [1.54, 1.807) is 30.4 Å². The van der Waals surface area contributed by atoms with E-state index < -0.39 is 12.0 Å². The maximum Gasteiger partial charge on any atom is 0.328 e. The highest BCUT2D eigenvalue weighted by atomic mass is 16.5. The third kappa shape index (κ3) is 3.21. The van der Waals surface area contributed by atoms with Crippen molar-refractivity contribution in [1.82, 2.24) is 14.9 Å². The number of likely N-dealkylation sites (N-methyl/N-ethyl adjacent to an activating group) is 1. The minimum Gasteiger partial charge on any atom is -0.480 e. The molecule has 1 unspecified atom stereocenters. The molecule has 1 aliphatic rings. The summed E-state index contributed by atoms with van der Waals surface area (Å²) in [5, 5.41) is 9.10. The van der Waals surface area contributed by atoms with Gasteiger partial charge in [0.25, 0.3) is 0 Å². The Labute approximate surface area is 116 Å². The molecule has 8 heteroatoms. The normalized spacial score (nSPS) is 18.6. The summed E-state index contributed by atoms with van der Waals surface area (Å²) >= 11 is 0. The second-order valence-electron chi connectivity index (χ2n) is 4.42. The zero-order valence-corrected chi connectivity index (χ0v) is 11.1. The first-order valence-electron chi connectivity index (χ1n) is 6.18. The summed E-state index contributed by atoms with van der Waals surface area (Å²) in [6.07, 6.45) is 3.16. The van der Waals surface area contributed by atoms with Crippen molar-refractivity contribution in [2.45, 2.75) is 6.04 Å². The molecule has 0 bridgehead atoms. The molecule has 1 aromatic heterocycles. The molecule has 0 radical (unpaired) electrons. The molecular weight excluding hydrogens is 264 g/mol. The van der Waals surface area contributed by atoms with Gasteiger partial charge in [-0.1, -0.05) is 0 Å². The molecule has 2 rings (SSSR count). The fourth-order valence-electron chi connectivity index (χ4n) is 1.96. The molecule has 1 amide bonds. The smallest absolute Gasteiger partial charge is 0.328 e. The van der Waals surface area contributed by atoms with Gasteiger partial charge in [-0.15, -0.1) is 0 Å². The van der Waals surface area contributed by atoms with E-state index in [4.69, 9.17) is 9.84 Å². The van der Waals surface area contributed by atoms with Crippen LogP contribution in [0.15, 0.2) is 18.5 Å². The van der Waals surface area contributed by atoms with Crippen molar-refractivity contribution in [2.75, 3.05) is 38.3 Å². The molecule has 0 spiro atoms. The lowest BCUT2D eigenvalue weighted by Gasteiger charge is -2.33. The molecule has 2 heterocycles. The van der Waals surface area contributed by atoms with Crippen LogP contribution in [0, 0.1) is 0 Å². The number of morpholine rings is 1. The molecule has 0 saturated carbocycles. The van der Waals surface area contributed by atoms with Gasteiger partial charge in [-0.2, -0.15) is 0 Å². The molecule has 1 fully saturated rings. The summed E-state index contributed by atoms with van der Waals surface area (Å²) in [5.74, 6) is -0.923. The van der Waals surface area contributed by atoms with Crippen LogP contribution in [0.2, 0.25) is 0 Å². The minimum atomic E-state index is -1.06. The number of anilines is 1. The average molecular weight is 280 g/mol. The third-order valence-corrected chi connectivity index (χ3v) is 3.00. The van der Waals surface area contributed by atoms with E-state index in [0.29, 0.717) is 12.6 Å². The standard InChI is InChI=1S/C12H16N4O4/c1-15(12-13-3-2-4-14-12)7-10(17)16-5-6-20-8-9(16)11(18)19/h2-4,9H,5-8H2,1H3,(H,18,19). The Morgan fingerprint density at radius 1 is 1.50 bits per heavy atom. The Hall–Kier alpha value is -2.22. The van der Waals surface area contributed by atoms with Crippen molar-refractivity contribution in [1.29, 1.82) is 0 Å². The molecule has 1 N–H and O–H groups in total. The van der Waals surface area contributed by atoms with Gasteiger partial charge in [0.05, 0.1) is 19.8 Å².